The Morgan fingerprint density at radius 3 is 2.71 bits per heavy atom. The second-order valence-corrected chi connectivity index (χ2v) is 7.41. The molecule has 2 aromatic heterocycles. The number of nitrogens with zero attached hydrogens (tertiary/aromatic N) is 4. The quantitative estimate of drug-likeness (QED) is 0.872. The summed E-state index contributed by atoms with van der Waals surface area (Å²) in [6.07, 6.45) is 6.34. The minimum absolute atomic E-state index is 0.607. The lowest BCUT2D eigenvalue weighted by atomic mass is 10.0. The molecule has 1 aliphatic rings. The third-order valence-corrected chi connectivity index (χ3v) is 5.60. The Morgan fingerprint density at radius 2 is 2.04 bits per heavy atom. The Balaban J connectivity index is 1.48. The molecule has 1 N–H and O–H groups in total. The first-order chi connectivity index (χ1) is 11.7. The molecule has 0 unspecified atom stereocenters. The van der Waals surface area contributed by atoms with Gasteiger partial charge in [0, 0.05) is 54.9 Å². The standard InChI is InChI=1S/C18H27N5S/c1-4-15-11-20-14(3)22-18(15)23-9-6-16(7-10-23)19-8-5-17-21-13(2)12-24-17/h11-12,16,19H,4-10H2,1-3H3. The summed E-state index contributed by atoms with van der Waals surface area (Å²) in [6.45, 7) is 9.35. The Hall–Kier alpha value is -1.53. The number of aryl methyl sites for hydroxylation is 3. The highest BCUT2D eigenvalue weighted by molar-refractivity contribution is 7.09. The van der Waals surface area contributed by atoms with Crippen LogP contribution in [0.15, 0.2) is 11.6 Å². The SMILES string of the molecule is CCc1cnc(C)nc1N1CCC(NCCc2nc(C)cs2)CC1. The number of aromatic nitrogens is 3. The van der Waals surface area contributed by atoms with Crippen molar-refractivity contribution in [2.24, 2.45) is 0 Å². The van der Waals surface area contributed by atoms with Crippen LogP contribution < -0.4 is 10.2 Å². The fourth-order valence-corrected chi connectivity index (χ4v) is 3.98. The average Bonchev–Trinajstić information content (AvgIpc) is 3.01. The van der Waals surface area contributed by atoms with Gasteiger partial charge in [0.2, 0.25) is 0 Å². The second kappa shape index (κ2) is 8.03. The van der Waals surface area contributed by atoms with Crippen LogP contribution in [0.5, 0.6) is 0 Å². The number of nitrogens with one attached hydrogen (secondary N) is 1. The molecule has 2 aromatic rings. The van der Waals surface area contributed by atoms with E-state index in [1.54, 1.807) is 11.3 Å². The fraction of sp³-hybridized carbons (Fsp3) is 0.611. The number of thiazole rings is 1. The van der Waals surface area contributed by atoms with Gasteiger partial charge >= 0.3 is 0 Å². The normalized spacial score (nSPS) is 15.9. The van der Waals surface area contributed by atoms with Crippen molar-refractivity contribution in [3.05, 3.63) is 33.7 Å². The molecule has 0 saturated carbocycles. The molecule has 0 aromatic carbocycles. The van der Waals surface area contributed by atoms with Gasteiger partial charge in [-0.2, -0.15) is 0 Å². The Bertz CT molecular complexity index is 661. The molecule has 0 spiro atoms. The van der Waals surface area contributed by atoms with Gasteiger partial charge in [0.15, 0.2) is 0 Å². The smallest absolute Gasteiger partial charge is 0.135 e. The highest BCUT2D eigenvalue weighted by atomic mass is 32.1. The molecule has 1 saturated heterocycles. The molecule has 0 aliphatic carbocycles. The van der Waals surface area contributed by atoms with Crippen LogP contribution in [-0.4, -0.2) is 40.6 Å². The lowest BCUT2D eigenvalue weighted by molar-refractivity contribution is 0.415. The van der Waals surface area contributed by atoms with Gasteiger partial charge in [-0.1, -0.05) is 6.92 Å². The summed E-state index contributed by atoms with van der Waals surface area (Å²) >= 11 is 1.77. The van der Waals surface area contributed by atoms with E-state index in [1.165, 1.54) is 23.4 Å². The summed E-state index contributed by atoms with van der Waals surface area (Å²) in [6, 6.07) is 0.607. The zero-order chi connectivity index (χ0) is 16.9. The molecule has 3 heterocycles. The zero-order valence-electron chi connectivity index (χ0n) is 14.9. The Labute approximate surface area is 148 Å². The molecule has 0 amide bonds. The van der Waals surface area contributed by atoms with E-state index in [-0.39, 0.29) is 0 Å². The number of hydrogen-bond donors (Lipinski definition) is 1. The summed E-state index contributed by atoms with van der Waals surface area (Å²) in [5, 5.41) is 7.06. The van der Waals surface area contributed by atoms with Crippen LogP contribution in [0.1, 0.15) is 41.9 Å². The first kappa shape index (κ1) is 17.3. The molecule has 0 radical (unpaired) electrons. The van der Waals surface area contributed by atoms with Gasteiger partial charge in [-0.25, -0.2) is 15.0 Å². The van der Waals surface area contributed by atoms with Crippen molar-refractivity contribution in [3.63, 3.8) is 0 Å². The molecular formula is C18H27N5S. The topological polar surface area (TPSA) is 53.9 Å². The third kappa shape index (κ3) is 4.30. The van der Waals surface area contributed by atoms with Crippen molar-refractivity contribution >= 4 is 17.2 Å². The third-order valence-electron chi connectivity index (χ3n) is 4.58. The summed E-state index contributed by atoms with van der Waals surface area (Å²) in [5.74, 6) is 2.00. The molecule has 24 heavy (non-hydrogen) atoms. The maximum Gasteiger partial charge on any atom is 0.135 e. The van der Waals surface area contributed by atoms with Gasteiger partial charge in [0.05, 0.1) is 5.01 Å². The van der Waals surface area contributed by atoms with Crippen LogP contribution in [0.25, 0.3) is 0 Å². The number of anilines is 1. The number of piperidine rings is 1. The minimum Gasteiger partial charge on any atom is -0.356 e. The van der Waals surface area contributed by atoms with Crippen molar-refractivity contribution in [1.29, 1.82) is 0 Å². The minimum atomic E-state index is 0.607. The molecular weight excluding hydrogens is 318 g/mol. The van der Waals surface area contributed by atoms with Crippen LogP contribution >= 0.6 is 11.3 Å². The maximum atomic E-state index is 4.68. The predicted molar refractivity (Wildman–Crippen MR) is 99.9 cm³/mol. The second-order valence-electron chi connectivity index (χ2n) is 6.47. The van der Waals surface area contributed by atoms with Gasteiger partial charge in [-0.15, -0.1) is 11.3 Å². The molecule has 1 aliphatic heterocycles. The van der Waals surface area contributed by atoms with Crippen molar-refractivity contribution in [1.82, 2.24) is 20.3 Å². The van der Waals surface area contributed by atoms with Crippen molar-refractivity contribution in [3.8, 4) is 0 Å². The fourth-order valence-electron chi connectivity index (χ4n) is 3.20. The highest BCUT2D eigenvalue weighted by Crippen LogP contribution is 2.22. The van der Waals surface area contributed by atoms with E-state index in [0.717, 1.165) is 49.8 Å². The molecule has 5 nitrogen and oxygen atoms in total. The van der Waals surface area contributed by atoms with Crippen LogP contribution in [0.2, 0.25) is 0 Å². The number of hydrogen-bond acceptors (Lipinski definition) is 6. The van der Waals surface area contributed by atoms with Crippen molar-refractivity contribution in [2.45, 2.75) is 52.5 Å². The van der Waals surface area contributed by atoms with Gasteiger partial charge in [0.25, 0.3) is 0 Å². The lowest BCUT2D eigenvalue weighted by Crippen LogP contribution is -2.43. The number of rotatable bonds is 6. The Kier molecular flexibility index (Phi) is 5.79. The first-order valence-corrected chi connectivity index (χ1v) is 9.75. The van der Waals surface area contributed by atoms with Crippen LogP contribution in [-0.2, 0) is 12.8 Å². The van der Waals surface area contributed by atoms with E-state index in [1.807, 2.05) is 13.1 Å². The molecule has 3 rings (SSSR count). The summed E-state index contributed by atoms with van der Waals surface area (Å²) in [5.41, 5.74) is 2.39. The maximum absolute atomic E-state index is 4.68. The van der Waals surface area contributed by atoms with Gasteiger partial charge in [0.1, 0.15) is 11.6 Å². The Morgan fingerprint density at radius 1 is 1.25 bits per heavy atom. The summed E-state index contributed by atoms with van der Waals surface area (Å²) in [7, 11) is 0. The van der Waals surface area contributed by atoms with E-state index in [2.05, 4.69) is 44.4 Å². The summed E-state index contributed by atoms with van der Waals surface area (Å²) in [4.78, 5) is 16.0. The lowest BCUT2D eigenvalue weighted by Gasteiger charge is -2.34. The summed E-state index contributed by atoms with van der Waals surface area (Å²) < 4.78 is 0. The van der Waals surface area contributed by atoms with E-state index in [9.17, 15) is 0 Å². The molecule has 130 valence electrons. The molecule has 6 heteroatoms. The monoisotopic (exact) mass is 345 g/mol. The predicted octanol–water partition coefficient (Wildman–Crippen LogP) is 2.91. The van der Waals surface area contributed by atoms with E-state index >= 15 is 0 Å². The van der Waals surface area contributed by atoms with Gasteiger partial charge < -0.3 is 10.2 Å². The van der Waals surface area contributed by atoms with E-state index in [0.29, 0.717) is 6.04 Å². The van der Waals surface area contributed by atoms with E-state index < -0.39 is 0 Å². The van der Waals surface area contributed by atoms with Crippen LogP contribution in [0, 0.1) is 13.8 Å². The zero-order valence-corrected chi connectivity index (χ0v) is 15.7. The molecule has 0 atom stereocenters. The first-order valence-electron chi connectivity index (χ1n) is 8.87. The van der Waals surface area contributed by atoms with Gasteiger partial charge in [-0.3, -0.25) is 0 Å². The highest BCUT2D eigenvalue weighted by Gasteiger charge is 2.21. The van der Waals surface area contributed by atoms with Gasteiger partial charge in [-0.05, 0) is 33.1 Å². The largest absolute Gasteiger partial charge is 0.356 e. The van der Waals surface area contributed by atoms with Crippen molar-refractivity contribution < 1.29 is 0 Å². The molecule has 0 bridgehead atoms. The molecule has 1 fully saturated rings. The van der Waals surface area contributed by atoms with Crippen LogP contribution in [0.4, 0.5) is 5.82 Å². The van der Waals surface area contributed by atoms with Crippen LogP contribution in [0.3, 0.4) is 0 Å². The van der Waals surface area contributed by atoms with E-state index in [4.69, 9.17) is 0 Å². The average molecular weight is 346 g/mol. The van der Waals surface area contributed by atoms with Crippen molar-refractivity contribution in [2.75, 3.05) is 24.5 Å².